The van der Waals surface area contributed by atoms with E-state index in [1.54, 1.807) is 13.8 Å². The van der Waals surface area contributed by atoms with Crippen molar-refractivity contribution in [3.63, 3.8) is 0 Å². The minimum atomic E-state index is -1.06. The second-order valence-corrected chi connectivity index (χ2v) is 7.57. The Morgan fingerprint density at radius 1 is 1.21 bits per heavy atom. The van der Waals surface area contributed by atoms with Crippen molar-refractivity contribution in [2.75, 3.05) is 11.9 Å². The molecule has 0 saturated carbocycles. The van der Waals surface area contributed by atoms with Gasteiger partial charge >= 0.3 is 12.0 Å². The van der Waals surface area contributed by atoms with Crippen LogP contribution in [-0.2, 0) is 32.0 Å². The number of urea groups is 1. The van der Waals surface area contributed by atoms with E-state index in [9.17, 15) is 19.2 Å². The van der Waals surface area contributed by atoms with Crippen LogP contribution in [0.4, 0.5) is 10.5 Å². The highest BCUT2D eigenvalue weighted by Crippen LogP contribution is 2.26. The third-order valence-electron chi connectivity index (χ3n) is 5.78. The molecule has 8 nitrogen and oxygen atoms in total. The number of nitrogens with zero attached hydrogens (tertiary/aromatic N) is 1. The number of nitrogens with one attached hydrogen (secondary N) is 2. The number of rotatable bonds is 7. The lowest BCUT2D eigenvalue weighted by Crippen LogP contribution is -2.46. The van der Waals surface area contributed by atoms with Crippen molar-refractivity contribution in [2.45, 2.75) is 64.5 Å². The fourth-order valence-corrected chi connectivity index (χ4v) is 3.86. The van der Waals surface area contributed by atoms with Gasteiger partial charge in [-0.05, 0) is 62.3 Å². The summed E-state index contributed by atoms with van der Waals surface area (Å²) in [6.07, 6.45) is 2.96. The van der Waals surface area contributed by atoms with Crippen LogP contribution in [0.2, 0.25) is 0 Å². The molecule has 1 aromatic carbocycles. The molecule has 2 N–H and O–H groups in total. The molecule has 156 valence electrons. The van der Waals surface area contributed by atoms with Crippen LogP contribution in [0.25, 0.3) is 0 Å². The van der Waals surface area contributed by atoms with Gasteiger partial charge in [-0.2, -0.15) is 0 Å². The van der Waals surface area contributed by atoms with E-state index in [0.29, 0.717) is 18.5 Å². The maximum Gasteiger partial charge on any atom is 0.327 e. The molecule has 1 atom stereocenters. The SMILES string of the molecule is CCC1(CC)NC(=O)N(CC(=O)O[C@H](C)C(=O)Nc2ccc3c(c2)CCC3)C1=O. The number of amides is 4. The van der Waals surface area contributed by atoms with E-state index in [1.165, 1.54) is 18.1 Å². The lowest BCUT2D eigenvalue weighted by Gasteiger charge is -2.23. The molecule has 2 aliphatic rings. The largest absolute Gasteiger partial charge is 0.451 e. The van der Waals surface area contributed by atoms with Crippen molar-refractivity contribution in [3.8, 4) is 0 Å². The average Bonchev–Trinajstić information content (AvgIpc) is 3.25. The zero-order chi connectivity index (χ0) is 21.2. The lowest BCUT2D eigenvalue weighted by molar-refractivity contribution is -0.155. The lowest BCUT2D eigenvalue weighted by atomic mass is 9.93. The Morgan fingerprint density at radius 3 is 2.55 bits per heavy atom. The summed E-state index contributed by atoms with van der Waals surface area (Å²) >= 11 is 0. The van der Waals surface area contributed by atoms with Crippen LogP contribution < -0.4 is 10.6 Å². The topological polar surface area (TPSA) is 105 Å². The first-order valence-corrected chi connectivity index (χ1v) is 10.1. The summed E-state index contributed by atoms with van der Waals surface area (Å²) in [5, 5.41) is 5.39. The summed E-state index contributed by atoms with van der Waals surface area (Å²) in [7, 11) is 0. The molecule has 1 saturated heterocycles. The molecule has 1 aliphatic heterocycles. The maximum atomic E-state index is 12.5. The van der Waals surface area contributed by atoms with E-state index < -0.39 is 42.0 Å². The molecule has 1 aliphatic carbocycles. The molecule has 29 heavy (non-hydrogen) atoms. The fraction of sp³-hybridized carbons (Fsp3) is 0.524. The predicted molar refractivity (Wildman–Crippen MR) is 106 cm³/mol. The number of carbonyl (C=O) groups excluding carboxylic acids is 4. The summed E-state index contributed by atoms with van der Waals surface area (Å²) in [5.41, 5.74) is 2.20. The number of anilines is 1. The van der Waals surface area contributed by atoms with Gasteiger partial charge in [0, 0.05) is 5.69 Å². The Hall–Kier alpha value is -2.90. The van der Waals surface area contributed by atoms with Gasteiger partial charge in [-0.15, -0.1) is 0 Å². The Balaban J connectivity index is 1.55. The molecule has 8 heteroatoms. The van der Waals surface area contributed by atoms with E-state index >= 15 is 0 Å². The molecular weight excluding hydrogens is 374 g/mol. The summed E-state index contributed by atoms with van der Waals surface area (Å²) in [6, 6.07) is 5.15. The number of aryl methyl sites for hydroxylation is 2. The first-order valence-electron chi connectivity index (χ1n) is 10.1. The molecule has 0 unspecified atom stereocenters. The highest BCUT2D eigenvalue weighted by atomic mass is 16.5. The second kappa shape index (κ2) is 8.23. The Morgan fingerprint density at radius 2 is 1.90 bits per heavy atom. The third kappa shape index (κ3) is 4.11. The molecule has 0 bridgehead atoms. The molecule has 1 heterocycles. The molecule has 0 aromatic heterocycles. The van der Waals surface area contributed by atoms with E-state index in [1.807, 2.05) is 18.2 Å². The molecule has 0 spiro atoms. The van der Waals surface area contributed by atoms with E-state index in [4.69, 9.17) is 4.74 Å². The molecule has 0 radical (unpaired) electrons. The molecule has 1 aromatic rings. The van der Waals surface area contributed by atoms with Crippen LogP contribution in [0.5, 0.6) is 0 Å². The first-order chi connectivity index (χ1) is 13.8. The minimum Gasteiger partial charge on any atom is -0.451 e. The van der Waals surface area contributed by atoms with Gasteiger partial charge in [0.1, 0.15) is 12.1 Å². The van der Waals surface area contributed by atoms with Crippen LogP contribution in [0.1, 0.15) is 51.2 Å². The van der Waals surface area contributed by atoms with Gasteiger partial charge in [0.2, 0.25) is 0 Å². The maximum absolute atomic E-state index is 12.5. The highest BCUT2D eigenvalue weighted by molar-refractivity contribution is 6.08. The Kier molecular flexibility index (Phi) is 5.91. The number of esters is 1. The van der Waals surface area contributed by atoms with Gasteiger partial charge < -0.3 is 15.4 Å². The highest BCUT2D eigenvalue weighted by Gasteiger charge is 2.49. The van der Waals surface area contributed by atoms with Gasteiger partial charge in [0.05, 0.1) is 0 Å². The standard InChI is InChI=1S/C21H27N3O5/c1-4-21(5-2)19(27)24(20(28)23-21)12-17(25)29-13(3)18(26)22-16-10-9-14-7-6-8-15(14)11-16/h9-11,13H,4-8,12H2,1-3H3,(H,22,26)(H,23,28)/t13-/m1/s1. The monoisotopic (exact) mass is 401 g/mol. The summed E-state index contributed by atoms with van der Waals surface area (Å²) in [4.78, 5) is 50.1. The molecule has 3 rings (SSSR count). The number of benzene rings is 1. The van der Waals surface area contributed by atoms with Crippen LogP contribution in [0.3, 0.4) is 0 Å². The third-order valence-corrected chi connectivity index (χ3v) is 5.78. The van der Waals surface area contributed by atoms with Crippen molar-refractivity contribution < 1.29 is 23.9 Å². The van der Waals surface area contributed by atoms with Crippen LogP contribution in [0.15, 0.2) is 18.2 Å². The second-order valence-electron chi connectivity index (χ2n) is 7.57. The van der Waals surface area contributed by atoms with E-state index in [-0.39, 0.29) is 0 Å². The summed E-state index contributed by atoms with van der Waals surface area (Å²) in [6.45, 7) is 4.53. The number of imide groups is 1. The molecule has 1 fully saturated rings. The van der Waals surface area contributed by atoms with Crippen molar-refractivity contribution in [3.05, 3.63) is 29.3 Å². The molecule has 4 amide bonds. The number of ether oxygens (including phenoxy) is 1. The average molecular weight is 401 g/mol. The van der Waals surface area contributed by atoms with Gasteiger partial charge in [-0.3, -0.25) is 19.3 Å². The number of fused-ring (bicyclic) bond motifs is 1. The van der Waals surface area contributed by atoms with Crippen LogP contribution in [0, 0.1) is 0 Å². The van der Waals surface area contributed by atoms with Crippen molar-refractivity contribution in [2.24, 2.45) is 0 Å². The number of hydrogen-bond acceptors (Lipinski definition) is 5. The van der Waals surface area contributed by atoms with Crippen molar-refractivity contribution in [1.82, 2.24) is 10.2 Å². The van der Waals surface area contributed by atoms with Gasteiger partial charge in [-0.25, -0.2) is 4.79 Å². The van der Waals surface area contributed by atoms with Crippen LogP contribution >= 0.6 is 0 Å². The van der Waals surface area contributed by atoms with Gasteiger partial charge in [0.25, 0.3) is 11.8 Å². The summed E-state index contributed by atoms with van der Waals surface area (Å²) in [5.74, 6) is -1.72. The van der Waals surface area contributed by atoms with E-state index in [0.717, 1.165) is 24.2 Å². The quantitative estimate of drug-likeness (QED) is 0.538. The van der Waals surface area contributed by atoms with Crippen molar-refractivity contribution >= 4 is 29.5 Å². The zero-order valence-electron chi connectivity index (χ0n) is 17.0. The van der Waals surface area contributed by atoms with Gasteiger partial charge in [-0.1, -0.05) is 19.9 Å². The van der Waals surface area contributed by atoms with Crippen molar-refractivity contribution in [1.29, 1.82) is 0 Å². The fourth-order valence-electron chi connectivity index (χ4n) is 3.86. The minimum absolute atomic E-state index is 0.430. The van der Waals surface area contributed by atoms with E-state index in [2.05, 4.69) is 10.6 Å². The van der Waals surface area contributed by atoms with Crippen LogP contribution in [-0.4, -0.2) is 46.9 Å². The zero-order valence-corrected chi connectivity index (χ0v) is 17.0. The normalized spacial score (nSPS) is 18.2. The number of carbonyl (C=O) groups is 4. The first kappa shape index (κ1) is 20.8. The Bertz CT molecular complexity index is 847. The summed E-state index contributed by atoms with van der Waals surface area (Å²) < 4.78 is 5.15. The van der Waals surface area contributed by atoms with Gasteiger partial charge in [0.15, 0.2) is 6.10 Å². The Labute approximate surface area is 170 Å². The molecular formula is C21H27N3O5. The smallest absolute Gasteiger partial charge is 0.327 e. The predicted octanol–water partition coefficient (Wildman–Crippen LogP) is 2.16. The number of hydrogen-bond donors (Lipinski definition) is 2.